The minimum atomic E-state index is -0.497. The summed E-state index contributed by atoms with van der Waals surface area (Å²) in [6.07, 6.45) is 3.58. The van der Waals surface area contributed by atoms with Gasteiger partial charge in [-0.3, -0.25) is 9.59 Å². The third-order valence-electron chi connectivity index (χ3n) is 8.06. The molecule has 0 bridgehead atoms. The number of methoxy groups -OCH3 is 1. The van der Waals surface area contributed by atoms with Crippen LogP contribution < -0.4 is 14.4 Å². The van der Waals surface area contributed by atoms with E-state index in [1.54, 1.807) is 42.0 Å². The lowest BCUT2D eigenvalue weighted by molar-refractivity contribution is -0.128. The Morgan fingerprint density at radius 3 is 2.73 bits per heavy atom. The maximum absolute atomic E-state index is 15.5. The molecule has 0 aliphatic carbocycles. The van der Waals surface area contributed by atoms with Crippen LogP contribution in [0.15, 0.2) is 43.5 Å². The van der Waals surface area contributed by atoms with Gasteiger partial charge in [-0.25, -0.2) is 9.37 Å². The number of rotatable bonds is 7. The number of hydrogen-bond acceptors (Lipinski definition) is 7. The number of pyridine rings is 1. The van der Waals surface area contributed by atoms with Crippen molar-refractivity contribution in [3.63, 3.8) is 0 Å². The number of fused-ring (bicyclic) bond motifs is 2. The highest BCUT2D eigenvalue weighted by Gasteiger charge is 2.42. The predicted octanol–water partition coefficient (Wildman–Crippen LogP) is 3.61. The van der Waals surface area contributed by atoms with Gasteiger partial charge in [-0.2, -0.15) is 0 Å². The van der Waals surface area contributed by atoms with E-state index in [1.807, 2.05) is 11.8 Å². The molecule has 0 N–H and O–H groups in total. The van der Waals surface area contributed by atoms with Crippen molar-refractivity contribution >= 4 is 17.6 Å². The van der Waals surface area contributed by atoms with Crippen LogP contribution in [0.2, 0.25) is 0 Å². The minimum Gasteiger partial charge on any atom is -0.490 e. The lowest BCUT2D eigenvalue weighted by Crippen LogP contribution is -2.57. The highest BCUT2D eigenvalue weighted by atomic mass is 19.1. The summed E-state index contributed by atoms with van der Waals surface area (Å²) < 4.78 is 33.4. The predicted molar refractivity (Wildman–Crippen MR) is 149 cm³/mol. The van der Waals surface area contributed by atoms with Crippen LogP contribution >= 0.6 is 0 Å². The van der Waals surface area contributed by atoms with Crippen LogP contribution in [0.5, 0.6) is 11.5 Å². The zero-order valence-electron chi connectivity index (χ0n) is 23.2. The first kappa shape index (κ1) is 27.6. The maximum Gasteiger partial charge on any atom is 0.261 e. The fourth-order valence-electron chi connectivity index (χ4n) is 5.91. The Kier molecular flexibility index (Phi) is 7.80. The molecule has 3 atom stereocenters. The maximum atomic E-state index is 15.5. The third kappa shape index (κ3) is 4.70. The van der Waals surface area contributed by atoms with Crippen molar-refractivity contribution < 1.29 is 28.2 Å². The summed E-state index contributed by atoms with van der Waals surface area (Å²) in [5.74, 6) is 0.218. The topological polar surface area (TPSA) is 84.4 Å². The summed E-state index contributed by atoms with van der Waals surface area (Å²) in [7, 11) is 1.67. The summed E-state index contributed by atoms with van der Waals surface area (Å²) in [5, 5.41) is 0. The molecule has 1 aromatic heterocycles. The van der Waals surface area contributed by atoms with Crippen LogP contribution in [-0.2, 0) is 9.53 Å². The SMILES string of the molecule is C=CCOc1cccc(F)c1-c1nc(N2CCC(OC)[C@@H]2C)c2c(c1C)OC[C@H]1CN(C(=O)C=C)CCN1C2=O. The Morgan fingerprint density at radius 1 is 1.23 bits per heavy atom. The fourth-order valence-corrected chi connectivity index (χ4v) is 5.91. The van der Waals surface area contributed by atoms with E-state index in [0.717, 1.165) is 6.42 Å². The summed E-state index contributed by atoms with van der Waals surface area (Å²) >= 11 is 0. The molecule has 5 rings (SSSR count). The second-order valence-corrected chi connectivity index (χ2v) is 10.3. The molecule has 2 saturated heterocycles. The lowest BCUT2D eigenvalue weighted by atomic mass is 10.00. The smallest absolute Gasteiger partial charge is 0.261 e. The van der Waals surface area contributed by atoms with Gasteiger partial charge in [-0.05, 0) is 38.5 Å². The van der Waals surface area contributed by atoms with Gasteiger partial charge in [0.2, 0.25) is 5.91 Å². The molecule has 212 valence electrons. The highest BCUT2D eigenvalue weighted by Crippen LogP contribution is 2.44. The average Bonchev–Trinajstić information content (AvgIpc) is 3.26. The first-order valence-electron chi connectivity index (χ1n) is 13.5. The standard InChI is InChI=1S/C30H35FN4O5/c1-6-15-39-23-10-8-9-21(31)25(23)27-18(3)28-26(29(32-27)34-12-11-22(38-5)19(34)4)30(37)35-14-13-33(24(36)7-2)16-20(35)17-40-28/h6-10,19-20,22H,1-2,11-17H2,3-5H3/t19-,20+,22?/m0/s1. The lowest BCUT2D eigenvalue weighted by Gasteiger charge is -2.39. The van der Waals surface area contributed by atoms with Crippen molar-refractivity contribution in [2.24, 2.45) is 0 Å². The number of carbonyl (C=O) groups excluding carboxylic acids is 2. The number of anilines is 1. The molecule has 2 aromatic rings. The molecule has 3 aliphatic rings. The van der Waals surface area contributed by atoms with Crippen LogP contribution in [0, 0.1) is 12.7 Å². The van der Waals surface area contributed by atoms with Crippen molar-refractivity contribution in [1.29, 1.82) is 0 Å². The van der Waals surface area contributed by atoms with Gasteiger partial charge in [-0.15, -0.1) is 0 Å². The van der Waals surface area contributed by atoms with Gasteiger partial charge in [0.1, 0.15) is 41.9 Å². The molecule has 0 saturated carbocycles. The van der Waals surface area contributed by atoms with Crippen molar-refractivity contribution in [3.8, 4) is 22.8 Å². The third-order valence-corrected chi connectivity index (χ3v) is 8.06. The molecule has 40 heavy (non-hydrogen) atoms. The molecular weight excluding hydrogens is 515 g/mol. The van der Waals surface area contributed by atoms with E-state index in [9.17, 15) is 9.59 Å². The summed E-state index contributed by atoms with van der Waals surface area (Å²) in [6.45, 7) is 13.2. The molecule has 2 fully saturated rings. The zero-order chi connectivity index (χ0) is 28.6. The molecular formula is C30H35FN4O5. The van der Waals surface area contributed by atoms with Gasteiger partial charge >= 0.3 is 0 Å². The van der Waals surface area contributed by atoms with Gasteiger partial charge in [0, 0.05) is 38.9 Å². The number of carbonyl (C=O) groups is 2. The number of halogens is 1. The molecule has 10 heteroatoms. The van der Waals surface area contributed by atoms with E-state index in [-0.39, 0.29) is 48.8 Å². The van der Waals surface area contributed by atoms with E-state index in [4.69, 9.17) is 19.2 Å². The number of nitrogens with zero attached hydrogens (tertiary/aromatic N) is 4. The zero-order valence-corrected chi connectivity index (χ0v) is 23.2. The molecule has 9 nitrogen and oxygen atoms in total. The normalized spacial score (nSPS) is 22.2. The van der Waals surface area contributed by atoms with Crippen LogP contribution in [0.1, 0.15) is 29.3 Å². The highest BCUT2D eigenvalue weighted by molar-refractivity contribution is 6.04. The number of benzene rings is 1. The van der Waals surface area contributed by atoms with Gasteiger partial charge in [0.25, 0.3) is 5.91 Å². The van der Waals surface area contributed by atoms with Crippen molar-refractivity contribution in [3.05, 3.63) is 60.5 Å². The van der Waals surface area contributed by atoms with E-state index >= 15 is 4.39 Å². The molecule has 1 aromatic carbocycles. The second-order valence-electron chi connectivity index (χ2n) is 10.3. The van der Waals surface area contributed by atoms with Crippen LogP contribution in [0.3, 0.4) is 0 Å². The molecule has 4 heterocycles. The number of ether oxygens (including phenoxy) is 3. The second kappa shape index (κ2) is 11.3. The van der Waals surface area contributed by atoms with E-state index < -0.39 is 5.82 Å². The Bertz CT molecular complexity index is 1350. The van der Waals surface area contributed by atoms with Crippen molar-refractivity contribution in [2.45, 2.75) is 38.5 Å². The monoisotopic (exact) mass is 550 g/mol. The van der Waals surface area contributed by atoms with Crippen molar-refractivity contribution in [1.82, 2.24) is 14.8 Å². The van der Waals surface area contributed by atoms with Crippen LogP contribution in [0.4, 0.5) is 10.2 Å². The molecule has 3 aliphatic heterocycles. The molecule has 1 unspecified atom stereocenters. The first-order chi connectivity index (χ1) is 19.3. The minimum absolute atomic E-state index is 0.0508. The Balaban J connectivity index is 1.68. The van der Waals surface area contributed by atoms with E-state index in [2.05, 4.69) is 13.2 Å². The van der Waals surface area contributed by atoms with E-state index in [1.165, 1.54) is 12.1 Å². The number of hydrogen-bond donors (Lipinski definition) is 0. The summed E-state index contributed by atoms with van der Waals surface area (Å²) in [4.78, 5) is 37.0. The fraction of sp³-hybridized carbons (Fsp3) is 0.433. The quantitative estimate of drug-likeness (QED) is 0.385. The van der Waals surface area contributed by atoms with Gasteiger partial charge in [0.15, 0.2) is 0 Å². The number of piperazine rings is 1. The summed E-state index contributed by atoms with van der Waals surface area (Å²) in [6, 6.07) is 4.20. The van der Waals surface area contributed by atoms with Crippen LogP contribution in [-0.4, -0.2) is 91.3 Å². The Hall–Kier alpha value is -3.92. The largest absolute Gasteiger partial charge is 0.490 e. The van der Waals surface area contributed by atoms with Crippen LogP contribution in [0.25, 0.3) is 11.3 Å². The summed E-state index contributed by atoms with van der Waals surface area (Å²) in [5.41, 5.74) is 1.42. The van der Waals surface area contributed by atoms with Gasteiger partial charge < -0.3 is 28.9 Å². The van der Waals surface area contributed by atoms with Gasteiger partial charge in [-0.1, -0.05) is 25.3 Å². The Morgan fingerprint density at radius 2 is 2.02 bits per heavy atom. The van der Waals surface area contributed by atoms with Gasteiger partial charge in [0.05, 0.1) is 29.4 Å². The average molecular weight is 551 g/mol. The van der Waals surface area contributed by atoms with Crippen molar-refractivity contribution in [2.75, 3.05) is 51.4 Å². The van der Waals surface area contributed by atoms with E-state index in [0.29, 0.717) is 60.3 Å². The Labute approximate surface area is 233 Å². The number of aromatic nitrogens is 1. The molecule has 0 spiro atoms. The molecule has 0 radical (unpaired) electrons. The molecule has 2 amide bonds. The number of amides is 2. The first-order valence-corrected chi connectivity index (χ1v) is 13.5.